The maximum atomic E-state index is 13.0. The highest BCUT2D eigenvalue weighted by Gasteiger charge is 2.21. The number of rotatable bonds is 4. The van der Waals surface area contributed by atoms with Crippen LogP contribution in [-0.2, 0) is 6.54 Å². The molecule has 4 rings (SSSR count). The Kier molecular flexibility index (Phi) is 5.23. The smallest absolute Gasteiger partial charge is 0.449 e. The number of benzene rings is 2. The maximum Gasteiger partial charge on any atom is 0.513 e. The third kappa shape index (κ3) is 3.98. The largest absolute Gasteiger partial charge is 0.513 e. The van der Waals surface area contributed by atoms with Crippen LogP contribution in [0.15, 0.2) is 51.4 Å². The van der Waals surface area contributed by atoms with E-state index in [-0.39, 0.29) is 11.8 Å². The van der Waals surface area contributed by atoms with Crippen LogP contribution in [0.4, 0.5) is 14.9 Å². The number of furan rings is 1. The Morgan fingerprint density at radius 2 is 1.86 bits per heavy atom. The molecule has 3 aromatic rings. The molecule has 6 nitrogen and oxygen atoms in total. The second-order valence-corrected chi connectivity index (χ2v) is 7.43. The summed E-state index contributed by atoms with van der Waals surface area (Å²) in [5.74, 6) is -0.269. The summed E-state index contributed by atoms with van der Waals surface area (Å²) in [6.45, 7) is 4.27. The summed E-state index contributed by atoms with van der Waals surface area (Å²) in [5, 5.41) is 9.50. The van der Waals surface area contributed by atoms with Crippen LogP contribution in [0.25, 0.3) is 11.0 Å². The van der Waals surface area contributed by atoms with Crippen molar-refractivity contribution in [2.75, 3.05) is 31.1 Å². The molecule has 0 atom stereocenters. The molecule has 1 saturated heterocycles. The van der Waals surface area contributed by atoms with Crippen molar-refractivity contribution in [3.05, 3.63) is 58.3 Å². The molecule has 2 aromatic carbocycles. The zero-order chi connectivity index (χ0) is 19.7. The van der Waals surface area contributed by atoms with Crippen molar-refractivity contribution in [1.82, 2.24) is 4.90 Å². The fraction of sp³-hybridized carbons (Fsp3) is 0.250. The summed E-state index contributed by atoms with van der Waals surface area (Å²) < 4.78 is 23.9. The van der Waals surface area contributed by atoms with Crippen LogP contribution in [0.3, 0.4) is 0 Å². The van der Waals surface area contributed by atoms with Gasteiger partial charge >= 0.3 is 6.16 Å². The molecule has 146 valence electrons. The van der Waals surface area contributed by atoms with E-state index in [4.69, 9.17) is 9.52 Å². The van der Waals surface area contributed by atoms with Crippen LogP contribution in [0.1, 0.15) is 5.56 Å². The van der Waals surface area contributed by atoms with Crippen molar-refractivity contribution in [2.45, 2.75) is 6.54 Å². The Labute approximate surface area is 169 Å². The van der Waals surface area contributed by atoms with E-state index in [0.29, 0.717) is 5.58 Å². The second-order valence-electron chi connectivity index (χ2n) is 6.63. The SMILES string of the molecule is O=C(O)Oc1cc2c(Br)c(N3CCN(Cc4ccc(F)cc4)CC3)ccc2o1. The van der Waals surface area contributed by atoms with Gasteiger partial charge in [0.05, 0.1) is 10.2 Å². The molecule has 1 N–H and O–H groups in total. The summed E-state index contributed by atoms with van der Waals surface area (Å²) in [6.07, 6.45) is -1.41. The minimum Gasteiger partial charge on any atom is -0.449 e. The molecule has 0 aliphatic carbocycles. The lowest BCUT2D eigenvalue weighted by molar-refractivity contribution is 0.134. The number of carboxylic acid groups (broad SMARTS) is 1. The third-order valence-electron chi connectivity index (χ3n) is 4.81. The quantitative estimate of drug-likeness (QED) is 0.582. The highest BCUT2D eigenvalue weighted by Crippen LogP contribution is 2.38. The van der Waals surface area contributed by atoms with Crippen molar-refractivity contribution in [3.63, 3.8) is 0 Å². The number of nitrogens with zero attached hydrogens (tertiary/aromatic N) is 2. The average molecular weight is 449 g/mol. The van der Waals surface area contributed by atoms with Gasteiger partial charge in [-0.1, -0.05) is 12.1 Å². The van der Waals surface area contributed by atoms with Crippen molar-refractivity contribution in [2.24, 2.45) is 0 Å². The van der Waals surface area contributed by atoms with Gasteiger partial charge in [0.2, 0.25) is 0 Å². The highest BCUT2D eigenvalue weighted by atomic mass is 79.9. The van der Waals surface area contributed by atoms with E-state index in [1.807, 2.05) is 24.3 Å². The lowest BCUT2D eigenvalue weighted by atomic mass is 10.1. The molecule has 0 bridgehead atoms. The molecule has 1 aromatic heterocycles. The van der Waals surface area contributed by atoms with Gasteiger partial charge in [0.25, 0.3) is 5.95 Å². The number of carbonyl (C=O) groups is 1. The van der Waals surface area contributed by atoms with Gasteiger partial charge < -0.3 is 19.2 Å². The van der Waals surface area contributed by atoms with E-state index in [9.17, 15) is 9.18 Å². The fourth-order valence-electron chi connectivity index (χ4n) is 3.42. The molecule has 1 aliphatic rings. The molecule has 0 spiro atoms. The van der Waals surface area contributed by atoms with E-state index in [0.717, 1.165) is 53.8 Å². The van der Waals surface area contributed by atoms with Gasteiger partial charge in [-0.25, -0.2) is 9.18 Å². The van der Waals surface area contributed by atoms with Gasteiger partial charge in [-0.05, 0) is 45.8 Å². The molecule has 28 heavy (non-hydrogen) atoms. The maximum absolute atomic E-state index is 13.0. The first kappa shape index (κ1) is 18.8. The summed E-state index contributed by atoms with van der Waals surface area (Å²) in [5.41, 5.74) is 2.68. The van der Waals surface area contributed by atoms with Gasteiger partial charge in [-0.2, -0.15) is 0 Å². The Morgan fingerprint density at radius 3 is 2.54 bits per heavy atom. The van der Waals surface area contributed by atoms with Gasteiger partial charge in [-0.15, -0.1) is 0 Å². The molecule has 0 radical (unpaired) electrons. The topological polar surface area (TPSA) is 66.2 Å². The van der Waals surface area contributed by atoms with Crippen LogP contribution in [0.5, 0.6) is 5.95 Å². The average Bonchev–Trinajstić information content (AvgIpc) is 3.07. The fourth-order valence-corrected chi connectivity index (χ4v) is 4.11. The van der Waals surface area contributed by atoms with Crippen LogP contribution in [0.2, 0.25) is 0 Å². The molecule has 1 aliphatic heterocycles. The van der Waals surface area contributed by atoms with E-state index in [1.165, 1.54) is 12.1 Å². The highest BCUT2D eigenvalue weighted by molar-refractivity contribution is 9.10. The standard InChI is InChI=1S/C20H18BrFN2O4/c21-19-15-11-18(28-20(25)26)27-17(15)6-5-16(19)24-9-7-23(8-10-24)12-13-1-3-14(22)4-2-13/h1-6,11H,7-10,12H2,(H,25,26). The molecule has 0 saturated carbocycles. The Bertz CT molecular complexity index is 997. The molecule has 0 unspecified atom stereocenters. The monoisotopic (exact) mass is 448 g/mol. The number of halogens is 2. The van der Waals surface area contributed by atoms with Gasteiger partial charge in [0.15, 0.2) is 0 Å². The number of hydrogen-bond donors (Lipinski definition) is 1. The summed E-state index contributed by atoms with van der Waals surface area (Å²) >= 11 is 3.62. The predicted octanol–water partition coefficient (Wildman–Crippen LogP) is 4.71. The molecule has 2 heterocycles. The summed E-state index contributed by atoms with van der Waals surface area (Å²) in [7, 11) is 0. The van der Waals surface area contributed by atoms with Crippen molar-refractivity contribution >= 4 is 38.7 Å². The van der Waals surface area contributed by atoms with Gasteiger partial charge in [0, 0.05) is 44.2 Å². The molecular formula is C20H18BrFN2O4. The first-order chi connectivity index (χ1) is 13.5. The van der Waals surface area contributed by atoms with Gasteiger partial charge in [-0.3, -0.25) is 4.90 Å². The van der Waals surface area contributed by atoms with Gasteiger partial charge in [0.1, 0.15) is 11.4 Å². The van der Waals surface area contributed by atoms with Crippen molar-refractivity contribution < 1.29 is 23.4 Å². The number of piperazine rings is 1. The lowest BCUT2D eigenvalue weighted by Crippen LogP contribution is -2.46. The van der Waals surface area contributed by atoms with Crippen molar-refractivity contribution in [3.8, 4) is 5.95 Å². The van der Waals surface area contributed by atoms with Crippen LogP contribution in [-0.4, -0.2) is 42.3 Å². The van der Waals surface area contributed by atoms with E-state index in [2.05, 4.69) is 30.5 Å². The third-order valence-corrected chi connectivity index (χ3v) is 5.65. The van der Waals surface area contributed by atoms with Crippen molar-refractivity contribution in [1.29, 1.82) is 0 Å². The predicted molar refractivity (Wildman–Crippen MR) is 106 cm³/mol. The number of hydrogen-bond acceptors (Lipinski definition) is 5. The Hall–Kier alpha value is -2.58. The second kappa shape index (κ2) is 7.81. The van der Waals surface area contributed by atoms with E-state index >= 15 is 0 Å². The normalized spacial score (nSPS) is 15.1. The Balaban J connectivity index is 1.45. The van der Waals surface area contributed by atoms with Crippen LogP contribution in [0, 0.1) is 5.82 Å². The molecule has 0 amide bonds. The number of anilines is 1. The summed E-state index contributed by atoms with van der Waals surface area (Å²) in [4.78, 5) is 15.3. The zero-order valence-electron chi connectivity index (χ0n) is 14.9. The van der Waals surface area contributed by atoms with Crippen LogP contribution >= 0.6 is 15.9 Å². The first-order valence-electron chi connectivity index (χ1n) is 8.84. The molecule has 8 heteroatoms. The number of fused-ring (bicyclic) bond motifs is 1. The lowest BCUT2D eigenvalue weighted by Gasteiger charge is -2.36. The van der Waals surface area contributed by atoms with Crippen LogP contribution < -0.4 is 9.64 Å². The van der Waals surface area contributed by atoms with E-state index < -0.39 is 6.16 Å². The zero-order valence-corrected chi connectivity index (χ0v) is 16.5. The summed E-state index contributed by atoms with van der Waals surface area (Å²) in [6, 6.07) is 12.0. The minimum absolute atomic E-state index is 0.0514. The minimum atomic E-state index is -1.41. The first-order valence-corrected chi connectivity index (χ1v) is 9.63. The molecule has 1 fully saturated rings. The number of ether oxygens (including phenoxy) is 1. The molecular weight excluding hydrogens is 431 g/mol. The Morgan fingerprint density at radius 1 is 1.14 bits per heavy atom. The van der Waals surface area contributed by atoms with E-state index in [1.54, 1.807) is 6.07 Å².